The maximum atomic E-state index is 13.6. The highest BCUT2D eigenvalue weighted by Gasteiger charge is 2.19. The SMILES string of the molecule is Cn1ncc(Cl)c1C(Cc1ccccc1F)NN. The van der Waals surface area contributed by atoms with Gasteiger partial charge in [-0.05, 0) is 18.1 Å². The quantitative estimate of drug-likeness (QED) is 0.658. The van der Waals surface area contributed by atoms with Gasteiger partial charge in [-0.15, -0.1) is 0 Å². The molecule has 1 atom stereocenters. The van der Waals surface area contributed by atoms with Crippen LogP contribution in [0.5, 0.6) is 0 Å². The first-order valence-corrected chi connectivity index (χ1v) is 5.88. The minimum atomic E-state index is -0.290. The van der Waals surface area contributed by atoms with E-state index < -0.39 is 0 Å². The highest BCUT2D eigenvalue weighted by Crippen LogP contribution is 2.25. The second kappa shape index (κ2) is 5.48. The van der Waals surface area contributed by atoms with E-state index in [-0.39, 0.29) is 11.9 Å². The lowest BCUT2D eigenvalue weighted by Crippen LogP contribution is -2.31. The number of halogens is 2. The van der Waals surface area contributed by atoms with Crippen LogP contribution >= 0.6 is 11.6 Å². The molecule has 4 nitrogen and oxygen atoms in total. The molecule has 1 aromatic heterocycles. The molecule has 2 aromatic rings. The van der Waals surface area contributed by atoms with Gasteiger partial charge in [0.05, 0.1) is 23.0 Å². The summed E-state index contributed by atoms with van der Waals surface area (Å²) in [7, 11) is 1.77. The first kappa shape index (κ1) is 13.0. The first-order valence-electron chi connectivity index (χ1n) is 5.50. The molecule has 0 saturated carbocycles. The molecule has 1 unspecified atom stereocenters. The monoisotopic (exact) mass is 268 g/mol. The maximum Gasteiger partial charge on any atom is 0.126 e. The zero-order chi connectivity index (χ0) is 13.1. The van der Waals surface area contributed by atoms with Crippen LogP contribution in [0, 0.1) is 5.82 Å². The molecule has 0 bridgehead atoms. The summed E-state index contributed by atoms with van der Waals surface area (Å²) in [6, 6.07) is 6.30. The van der Waals surface area contributed by atoms with Crippen LogP contribution in [0.3, 0.4) is 0 Å². The van der Waals surface area contributed by atoms with E-state index in [1.54, 1.807) is 36.1 Å². The fourth-order valence-corrected chi connectivity index (χ4v) is 2.23. The van der Waals surface area contributed by atoms with Gasteiger partial charge in [0.15, 0.2) is 0 Å². The molecule has 0 saturated heterocycles. The van der Waals surface area contributed by atoms with Crippen molar-refractivity contribution in [3.63, 3.8) is 0 Å². The van der Waals surface area contributed by atoms with Crippen LogP contribution in [0.4, 0.5) is 4.39 Å². The Morgan fingerprint density at radius 1 is 1.50 bits per heavy atom. The highest BCUT2D eigenvalue weighted by molar-refractivity contribution is 6.31. The largest absolute Gasteiger partial charge is 0.271 e. The summed E-state index contributed by atoms with van der Waals surface area (Å²) in [5.41, 5.74) is 3.97. The normalized spacial score (nSPS) is 12.7. The highest BCUT2D eigenvalue weighted by atomic mass is 35.5. The molecule has 0 aliphatic heterocycles. The van der Waals surface area contributed by atoms with Crippen molar-refractivity contribution < 1.29 is 4.39 Å². The Labute approximate surface area is 110 Å². The summed E-state index contributed by atoms with van der Waals surface area (Å²) in [5, 5.41) is 4.56. The molecule has 6 heteroatoms. The number of nitrogens with one attached hydrogen (secondary N) is 1. The van der Waals surface area contributed by atoms with E-state index in [1.165, 1.54) is 6.07 Å². The van der Waals surface area contributed by atoms with Crippen molar-refractivity contribution in [1.82, 2.24) is 15.2 Å². The van der Waals surface area contributed by atoms with Gasteiger partial charge in [0.1, 0.15) is 5.82 Å². The topological polar surface area (TPSA) is 55.9 Å². The van der Waals surface area contributed by atoms with E-state index in [0.29, 0.717) is 17.0 Å². The van der Waals surface area contributed by atoms with Crippen LogP contribution in [0.25, 0.3) is 0 Å². The number of aryl methyl sites for hydroxylation is 1. The number of hydrogen-bond acceptors (Lipinski definition) is 3. The average molecular weight is 269 g/mol. The van der Waals surface area contributed by atoms with Crippen molar-refractivity contribution in [2.75, 3.05) is 0 Å². The number of hydrazine groups is 1. The number of rotatable bonds is 4. The number of benzene rings is 1. The van der Waals surface area contributed by atoms with Gasteiger partial charge in [-0.1, -0.05) is 29.8 Å². The van der Waals surface area contributed by atoms with E-state index >= 15 is 0 Å². The van der Waals surface area contributed by atoms with Gasteiger partial charge < -0.3 is 0 Å². The number of aromatic nitrogens is 2. The third-order valence-electron chi connectivity index (χ3n) is 2.85. The Morgan fingerprint density at radius 3 is 2.78 bits per heavy atom. The van der Waals surface area contributed by atoms with Crippen LogP contribution in [-0.4, -0.2) is 9.78 Å². The lowest BCUT2D eigenvalue weighted by molar-refractivity contribution is 0.495. The van der Waals surface area contributed by atoms with Crippen LogP contribution in [0.1, 0.15) is 17.3 Å². The third kappa shape index (κ3) is 2.53. The molecule has 0 fully saturated rings. The lowest BCUT2D eigenvalue weighted by Gasteiger charge is -2.17. The Balaban J connectivity index is 2.28. The fourth-order valence-electron chi connectivity index (χ4n) is 1.93. The molecule has 1 aromatic carbocycles. The molecule has 18 heavy (non-hydrogen) atoms. The summed E-state index contributed by atoms with van der Waals surface area (Å²) in [4.78, 5) is 0. The van der Waals surface area contributed by atoms with Gasteiger partial charge in [-0.2, -0.15) is 5.10 Å². The van der Waals surface area contributed by atoms with E-state index in [1.807, 2.05) is 0 Å². The minimum Gasteiger partial charge on any atom is -0.271 e. The Kier molecular flexibility index (Phi) is 3.96. The molecule has 0 spiro atoms. The van der Waals surface area contributed by atoms with Crippen molar-refractivity contribution in [2.24, 2.45) is 12.9 Å². The summed E-state index contributed by atoms with van der Waals surface area (Å²) >= 11 is 6.05. The average Bonchev–Trinajstić information content (AvgIpc) is 2.69. The molecule has 0 radical (unpaired) electrons. The third-order valence-corrected chi connectivity index (χ3v) is 3.14. The van der Waals surface area contributed by atoms with Gasteiger partial charge in [-0.3, -0.25) is 16.0 Å². The minimum absolute atomic E-state index is 0.254. The molecule has 0 amide bonds. The molecule has 1 heterocycles. The van der Waals surface area contributed by atoms with E-state index in [2.05, 4.69) is 10.5 Å². The van der Waals surface area contributed by atoms with Crippen LogP contribution in [0.15, 0.2) is 30.5 Å². The van der Waals surface area contributed by atoms with Crippen LogP contribution in [-0.2, 0) is 13.5 Å². The van der Waals surface area contributed by atoms with E-state index in [0.717, 1.165) is 5.69 Å². The van der Waals surface area contributed by atoms with Crippen molar-refractivity contribution in [3.8, 4) is 0 Å². The Bertz CT molecular complexity index is 521. The predicted molar refractivity (Wildman–Crippen MR) is 68.4 cm³/mol. The molecule has 3 N–H and O–H groups in total. The predicted octanol–water partition coefficient (Wildman–Crippen LogP) is 1.96. The standard InChI is InChI=1S/C12H14ClFN4/c1-18-12(9(13)7-16-18)11(17-15)6-8-4-2-3-5-10(8)14/h2-5,7,11,17H,6,15H2,1H3. The van der Waals surface area contributed by atoms with Crippen molar-refractivity contribution in [2.45, 2.75) is 12.5 Å². The summed E-state index contributed by atoms with van der Waals surface area (Å²) in [6.07, 6.45) is 1.95. The van der Waals surface area contributed by atoms with Gasteiger partial charge >= 0.3 is 0 Å². The number of nitrogens with two attached hydrogens (primary N) is 1. The lowest BCUT2D eigenvalue weighted by atomic mass is 10.0. The molecule has 0 aliphatic carbocycles. The van der Waals surface area contributed by atoms with Crippen LogP contribution < -0.4 is 11.3 Å². The Hall–Kier alpha value is -1.43. The smallest absolute Gasteiger partial charge is 0.126 e. The molecule has 96 valence electrons. The second-order valence-corrected chi connectivity index (χ2v) is 4.42. The van der Waals surface area contributed by atoms with Gasteiger partial charge in [0.25, 0.3) is 0 Å². The summed E-state index contributed by atoms with van der Waals surface area (Å²) in [5.74, 6) is 5.27. The second-order valence-electron chi connectivity index (χ2n) is 4.02. The molecular formula is C12H14ClFN4. The molecule has 0 aliphatic rings. The van der Waals surface area contributed by atoms with Crippen LogP contribution in [0.2, 0.25) is 5.02 Å². The number of nitrogens with zero attached hydrogens (tertiary/aromatic N) is 2. The fraction of sp³-hybridized carbons (Fsp3) is 0.250. The Morgan fingerprint density at radius 2 is 2.22 bits per heavy atom. The zero-order valence-corrected chi connectivity index (χ0v) is 10.7. The molecular weight excluding hydrogens is 255 g/mol. The van der Waals surface area contributed by atoms with E-state index in [4.69, 9.17) is 17.4 Å². The maximum absolute atomic E-state index is 13.6. The summed E-state index contributed by atoms with van der Waals surface area (Å²) in [6.45, 7) is 0. The van der Waals surface area contributed by atoms with Gasteiger partial charge in [0.2, 0.25) is 0 Å². The van der Waals surface area contributed by atoms with Crippen molar-refractivity contribution >= 4 is 11.6 Å². The van der Waals surface area contributed by atoms with Gasteiger partial charge in [0, 0.05) is 7.05 Å². The molecule has 2 rings (SSSR count). The zero-order valence-electron chi connectivity index (χ0n) is 9.90. The van der Waals surface area contributed by atoms with Crippen molar-refractivity contribution in [3.05, 3.63) is 52.6 Å². The first-order chi connectivity index (χ1) is 8.63. The van der Waals surface area contributed by atoms with E-state index in [9.17, 15) is 4.39 Å². The van der Waals surface area contributed by atoms with Crippen molar-refractivity contribution in [1.29, 1.82) is 0 Å². The summed E-state index contributed by atoms with van der Waals surface area (Å²) < 4.78 is 15.2. The number of hydrogen-bond donors (Lipinski definition) is 2. The van der Waals surface area contributed by atoms with Gasteiger partial charge in [-0.25, -0.2) is 4.39 Å².